The van der Waals surface area contributed by atoms with Crippen molar-refractivity contribution in [2.75, 3.05) is 0 Å². The molecule has 9 heavy (non-hydrogen) atoms. The molecule has 0 saturated heterocycles. The van der Waals surface area contributed by atoms with E-state index < -0.39 is 0 Å². The van der Waals surface area contributed by atoms with Gasteiger partial charge >= 0.3 is 0 Å². The van der Waals surface area contributed by atoms with Crippen molar-refractivity contribution in [2.24, 2.45) is 4.99 Å². The number of aliphatic imine (C=N–C) groups is 1. The zero-order valence-corrected chi connectivity index (χ0v) is 4.68. The molecule has 3 N–H and O–H groups in total. The van der Waals surface area contributed by atoms with E-state index in [9.17, 15) is 0 Å². The number of nitrogens with one attached hydrogen (secondary N) is 3. The number of hydrazine groups is 2. The minimum absolute atomic E-state index is 0.939. The maximum absolute atomic E-state index is 4.04. The van der Waals surface area contributed by atoms with Crippen LogP contribution in [-0.4, -0.2) is 6.21 Å². The molecule has 0 fully saturated rings. The second-order valence-electron chi connectivity index (χ2n) is 1.78. The van der Waals surface area contributed by atoms with Crippen LogP contribution in [0.5, 0.6) is 0 Å². The van der Waals surface area contributed by atoms with Gasteiger partial charge in [0.1, 0.15) is 5.70 Å². The fourth-order valence-electron chi connectivity index (χ4n) is 0.776. The van der Waals surface area contributed by atoms with Gasteiger partial charge in [-0.15, -0.1) is 0 Å². The highest BCUT2D eigenvalue weighted by Gasteiger charge is 2.09. The van der Waals surface area contributed by atoms with Gasteiger partial charge in [0, 0.05) is 12.4 Å². The standard InChI is InChI=1S/C5H6N4/c1-2-6-5-3-7-9-8-4(1)5/h1-3,7-9H. The summed E-state index contributed by atoms with van der Waals surface area (Å²) in [4.78, 5) is 4.04. The first-order valence-corrected chi connectivity index (χ1v) is 2.68. The van der Waals surface area contributed by atoms with Crippen molar-refractivity contribution in [3.8, 4) is 0 Å². The molecule has 2 rings (SSSR count). The monoisotopic (exact) mass is 122 g/mol. The molecule has 46 valence electrons. The van der Waals surface area contributed by atoms with Crippen LogP contribution in [0.25, 0.3) is 0 Å². The van der Waals surface area contributed by atoms with Crippen molar-refractivity contribution in [1.82, 2.24) is 16.4 Å². The van der Waals surface area contributed by atoms with E-state index in [1.54, 1.807) is 12.4 Å². The number of rotatable bonds is 0. The molecule has 0 atom stereocenters. The van der Waals surface area contributed by atoms with Gasteiger partial charge in [-0.05, 0) is 6.08 Å². The van der Waals surface area contributed by atoms with E-state index in [1.807, 2.05) is 6.08 Å². The highest BCUT2D eigenvalue weighted by molar-refractivity contribution is 5.79. The van der Waals surface area contributed by atoms with Gasteiger partial charge in [0.05, 0.1) is 5.70 Å². The third-order valence-electron chi connectivity index (χ3n) is 1.21. The molecule has 0 aromatic heterocycles. The molecular formula is C5H6N4. The first-order chi connectivity index (χ1) is 4.47. The number of fused-ring (bicyclic) bond motifs is 1. The summed E-state index contributed by atoms with van der Waals surface area (Å²) in [6.45, 7) is 0. The summed E-state index contributed by atoms with van der Waals surface area (Å²) < 4.78 is 0. The lowest BCUT2D eigenvalue weighted by Crippen LogP contribution is -2.43. The van der Waals surface area contributed by atoms with E-state index in [0.717, 1.165) is 11.4 Å². The summed E-state index contributed by atoms with van der Waals surface area (Å²) in [6, 6.07) is 0. The molecule has 0 amide bonds. The average molecular weight is 122 g/mol. The largest absolute Gasteiger partial charge is 0.309 e. The maximum Gasteiger partial charge on any atom is 0.105 e. The Morgan fingerprint density at radius 2 is 2.44 bits per heavy atom. The molecule has 4 heteroatoms. The van der Waals surface area contributed by atoms with E-state index >= 15 is 0 Å². The van der Waals surface area contributed by atoms with Gasteiger partial charge in [-0.25, -0.2) is 0 Å². The molecule has 0 aromatic carbocycles. The number of allylic oxidation sites excluding steroid dienone is 1. The predicted molar refractivity (Wildman–Crippen MR) is 34.1 cm³/mol. The molecular weight excluding hydrogens is 116 g/mol. The summed E-state index contributed by atoms with van der Waals surface area (Å²) in [5.74, 6) is 0. The van der Waals surface area contributed by atoms with Crippen molar-refractivity contribution < 1.29 is 0 Å². The zero-order chi connectivity index (χ0) is 6.10. The Balaban J connectivity index is 2.38. The lowest BCUT2D eigenvalue weighted by Gasteiger charge is -2.14. The van der Waals surface area contributed by atoms with E-state index in [0.29, 0.717) is 0 Å². The fraction of sp³-hybridized carbons (Fsp3) is 0. The van der Waals surface area contributed by atoms with Gasteiger partial charge < -0.3 is 10.9 Å². The number of hydrogen-bond donors (Lipinski definition) is 3. The summed E-state index contributed by atoms with van der Waals surface area (Å²) in [7, 11) is 0. The minimum Gasteiger partial charge on any atom is -0.309 e. The molecule has 2 heterocycles. The normalized spacial score (nSPS) is 21.3. The molecule has 4 nitrogen and oxygen atoms in total. The topological polar surface area (TPSA) is 48.5 Å². The van der Waals surface area contributed by atoms with Crippen LogP contribution in [0, 0.1) is 0 Å². The maximum atomic E-state index is 4.04. The van der Waals surface area contributed by atoms with Gasteiger partial charge in [-0.3, -0.25) is 4.99 Å². The van der Waals surface area contributed by atoms with Crippen molar-refractivity contribution in [1.29, 1.82) is 0 Å². The van der Waals surface area contributed by atoms with Crippen LogP contribution in [0.2, 0.25) is 0 Å². The van der Waals surface area contributed by atoms with Crippen LogP contribution in [0.3, 0.4) is 0 Å². The number of nitrogens with zero attached hydrogens (tertiary/aromatic N) is 1. The zero-order valence-electron chi connectivity index (χ0n) is 4.68. The third-order valence-corrected chi connectivity index (χ3v) is 1.21. The van der Waals surface area contributed by atoms with Crippen molar-refractivity contribution in [3.63, 3.8) is 0 Å². The van der Waals surface area contributed by atoms with Crippen LogP contribution in [0.15, 0.2) is 28.7 Å². The van der Waals surface area contributed by atoms with Crippen LogP contribution >= 0.6 is 0 Å². The second kappa shape index (κ2) is 1.60. The van der Waals surface area contributed by atoms with Gasteiger partial charge in [-0.1, -0.05) is 0 Å². The molecule has 0 radical (unpaired) electrons. The lowest BCUT2D eigenvalue weighted by atomic mass is 10.3. The number of hydrogen-bond acceptors (Lipinski definition) is 4. The van der Waals surface area contributed by atoms with Crippen molar-refractivity contribution in [2.45, 2.75) is 0 Å². The van der Waals surface area contributed by atoms with Crippen LogP contribution in [0.4, 0.5) is 0 Å². The second-order valence-corrected chi connectivity index (χ2v) is 1.78. The van der Waals surface area contributed by atoms with Crippen molar-refractivity contribution in [3.05, 3.63) is 23.7 Å². The molecule has 2 aliphatic rings. The summed E-state index contributed by atoms with van der Waals surface area (Å²) in [5, 5.41) is 0. The van der Waals surface area contributed by atoms with Gasteiger partial charge in [0.25, 0.3) is 0 Å². The van der Waals surface area contributed by atoms with Crippen LogP contribution in [0.1, 0.15) is 0 Å². The SMILES string of the molecule is C1=NC2=CNNNC2=C1. The smallest absolute Gasteiger partial charge is 0.105 e. The summed E-state index contributed by atoms with van der Waals surface area (Å²) in [5.41, 5.74) is 10.3. The molecule has 2 aliphatic heterocycles. The first-order valence-electron chi connectivity index (χ1n) is 2.68. The third kappa shape index (κ3) is 0.603. The van der Waals surface area contributed by atoms with E-state index in [-0.39, 0.29) is 0 Å². The van der Waals surface area contributed by atoms with E-state index in [2.05, 4.69) is 21.4 Å². The highest BCUT2D eigenvalue weighted by Crippen LogP contribution is 2.11. The summed E-state index contributed by atoms with van der Waals surface area (Å²) >= 11 is 0. The Morgan fingerprint density at radius 3 is 3.33 bits per heavy atom. The van der Waals surface area contributed by atoms with E-state index in [4.69, 9.17) is 0 Å². The average Bonchev–Trinajstić information content (AvgIpc) is 2.33. The molecule has 0 aliphatic carbocycles. The van der Waals surface area contributed by atoms with Crippen LogP contribution in [-0.2, 0) is 0 Å². The molecule has 0 saturated carbocycles. The Kier molecular flexibility index (Phi) is 0.811. The molecule has 0 aromatic rings. The van der Waals surface area contributed by atoms with Crippen LogP contribution < -0.4 is 16.4 Å². The fourth-order valence-corrected chi connectivity index (χ4v) is 0.776. The Hall–Kier alpha value is -1.29. The molecule has 0 spiro atoms. The highest BCUT2D eigenvalue weighted by atomic mass is 15.6. The van der Waals surface area contributed by atoms with Gasteiger partial charge in [0.2, 0.25) is 0 Å². The van der Waals surface area contributed by atoms with Gasteiger partial charge in [0.15, 0.2) is 0 Å². The first kappa shape index (κ1) is 4.58. The lowest BCUT2D eigenvalue weighted by molar-refractivity contribution is 0.525. The predicted octanol–water partition coefficient (Wildman–Crippen LogP) is -0.592. The molecule has 0 unspecified atom stereocenters. The Labute approximate surface area is 52.3 Å². The van der Waals surface area contributed by atoms with E-state index in [1.165, 1.54) is 0 Å². The quantitative estimate of drug-likeness (QED) is 0.402. The van der Waals surface area contributed by atoms with Gasteiger partial charge in [-0.2, -0.15) is 5.53 Å². The minimum atomic E-state index is 0.939. The Morgan fingerprint density at radius 1 is 1.44 bits per heavy atom. The summed E-state index contributed by atoms with van der Waals surface area (Å²) in [6.07, 6.45) is 5.45. The molecule has 0 bridgehead atoms. The Bertz CT molecular complexity index is 213. The van der Waals surface area contributed by atoms with Crippen molar-refractivity contribution >= 4 is 6.21 Å².